The van der Waals surface area contributed by atoms with E-state index in [0.29, 0.717) is 17.3 Å². The predicted octanol–water partition coefficient (Wildman–Crippen LogP) is 4.21. The third-order valence-electron chi connectivity index (χ3n) is 8.71. The molecule has 142 valence electrons. The Balaban J connectivity index is 1.47. The second-order valence-electron chi connectivity index (χ2n) is 9.85. The molecule has 0 aromatic carbocycles. The van der Waals surface area contributed by atoms with Crippen molar-refractivity contribution in [1.82, 2.24) is 0 Å². The van der Waals surface area contributed by atoms with E-state index >= 15 is 0 Å². The summed E-state index contributed by atoms with van der Waals surface area (Å²) in [7, 11) is 0. The first-order valence-electron chi connectivity index (χ1n) is 10.3. The molecule has 1 aromatic heterocycles. The molecule has 1 N–H and O–H groups in total. The van der Waals surface area contributed by atoms with Gasteiger partial charge in [-0.25, -0.2) is 0 Å². The first-order valence-corrected chi connectivity index (χ1v) is 10.3. The third kappa shape index (κ3) is 2.14. The van der Waals surface area contributed by atoms with Crippen LogP contribution in [0.25, 0.3) is 0 Å². The fourth-order valence-corrected chi connectivity index (χ4v) is 7.72. The number of esters is 1. The molecule has 0 radical (unpaired) electrons. The van der Waals surface area contributed by atoms with Gasteiger partial charge in [0.05, 0.1) is 6.26 Å². The Kier molecular flexibility index (Phi) is 3.48. The van der Waals surface area contributed by atoms with Crippen molar-refractivity contribution < 1.29 is 19.1 Å². The maximum Gasteiger partial charge on any atom is 0.302 e. The van der Waals surface area contributed by atoms with Crippen molar-refractivity contribution in [3.63, 3.8) is 0 Å². The lowest BCUT2D eigenvalue weighted by molar-refractivity contribution is -0.151. The standard InChI is InChI=1S/C22H30O4/c1-14(23)26-13-22(24)12-21-9-5-17-16-7-10-25-18(16)6-8-20(17,2)19(21)4-3-15(22)11-21/h7,10,15,17,19,24H,3-6,8-9,11-13H2,1-2H3/t15-,17+,19+,20+,21+,22-/m1/s1. The van der Waals surface area contributed by atoms with Crippen molar-refractivity contribution in [3.8, 4) is 0 Å². The molecule has 1 spiro atoms. The average molecular weight is 358 g/mol. The number of furan rings is 1. The van der Waals surface area contributed by atoms with Gasteiger partial charge >= 0.3 is 5.97 Å². The lowest BCUT2D eigenvalue weighted by Crippen LogP contribution is -2.51. The Bertz CT molecular complexity index is 738. The SMILES string of the molecule is CC(=O)OC[C@]1(O)C[C@@]23CC[C@H]4c5ccoc5CC[C@]4(C)[C@@H]2CC[C@@H]1C3. The molecule has 26 heavy (non-hydrogen) atoms. The Labute approximate surface area is 155 Å². The van der Waals surface area contributed by atoms with Crippen molar-refractivity contribution in [1.29, 1.82) is 0 Å². The van der Waals surface area contributed by atoms with Gasteiger partial charge in [-0.05, 0) is 85.2 Å². The number of aliphatic hydroxyl groups is 1. The van der Waals surface area contributed by atoms with Crippen molar-refractivity contribution in [2.45, 2.75) is 76.7 Å². The van der Waals surface area contributed by atoms with E-state index < -0.39 is 5.60 Å². The average Bonchev–Trinajstić information content (AvgIpc) is 3.14. The number of carbonyl (C=O) groups is 1. The van der Waals surface area contributed by atoms with Gasteiger partial charge in [-0.1, -0.05) is 6.92 Å². The molecule has 5 rings (SSSR count). The van der Waals surface area contributed by atoms with Crippen LogP contribution in [0.3, 0.4) is 0 Å². The van der Waals surface area contributed by atoms with Crippen LogP contribution in [0.4, 0.5) is 0 Å². The van der Waals surface area contributed by atoms with Crippen LogP contribution in [0.1, 0.15) is 76.0 Å². The molecule has 1 aromatic rings. The van der Waals surface area contributed by atoms with E-state index in [0.717, 1.165) is 25.7 Å². The smallest absolute Gasteiger partial charge is 0.302 e. The number of rotatable bonds is 2. The minimum atomic E-state index is -0.820. The van der Waals surface area contributed by atoms with Gasteiger partial charge in [0.25, 0.3) is 0 Å². The first-order chi connectivity index (χ1) is 12.4. The van der Waals surface area contributed by atoms with Crippen LogP contribution in [-0.2, 0) is 16.0 Å². The van der Waals surface area contributed by atoms with E-state index in [1.54, 1.807) is 0 Å². The highest BCUT2D eigenvalue weighted by molar-refractivity contribution is 5.66. The number of carbonyl (C=O) groups excluding carboxylic acids is 1. The van der Waals surface area contributed by atoms with E-state index in [2.05, 4.69) is 13.0 Å². The highest BCUT2D eigenvalue weighted by atomic mass is 16.5. The lowest BCUT2D eigenvalue weighted by atomic mass is 9.45. The Hall–Kier alpha value is -1.29. The minimum absolute atomic E-state index is 0.174. The van der Waals surface area contributed by atoms with Gasteiger partial charge in [0.15, 0.2) is 0 Å². The molecular weight excluding hydrogens is 328 g/mol. The molecule has 4 aliphatic rings. The number of aryl methyl sites for hydroxylation is 1. The number of ether oxygens (including phenoxy) is 1. The summed E-state index contributed by atoms with van der Waals surface area (Å²) in [6.45, 7) is 4.11. The zero-order valence-corrected chi connectivity index (χ0v) is 15.9. The summed E-state index contributed by atoms with van der Waals surface area (Å²) < 4.78 is 11.0. The van der Waals surface area contributed by atoms with Gasteiger partial charge in [-0.15, -0.1) is 0 Å². The Morgan fingerprint density at radius 1 is 1.35 bits per heavy atom. The minimum Gasteiger partial charge on any atom is -0.469 e. The summed E-state index contributed by atoms with van der Waals surface area (Å²) in [5.74, 6) is 2.45. The third-order valence-corrected chi connectivity index (χ3v) is 8.71. The van der Waals surface area contributed by atoms with Gasteiger partial charge in [0.1, 0.15) is 18.0 Å². The molecule has 4 nitrogen and oxygen atoms in total. The van der Waals surface area contributed by atoms with Crippen LogP contribution in [-0.4, -0.2) is 23.3 Å². The van der Waals surface area contributed by atoms with Crippen LogP contribution < -0.4 is 0 Å². The molecule has 1 heterocycles. The predicted molar refractivity (Wildman–Crippen MR) is 96.6 cm³/mol. The van der Waals surface area contributed by atoms with E-state index in [1.165, 1.54) is 43.9 Å². The molecule has 0 saturated heterocycles. The van der Waals surface area contributed by atoms with E-state index in [4.69, 9.17) is 9.15 Å². The summed E-state index contributed by atoms with van der Waals surface area (Å²) in [6.07, 6.45) is 10.7. The van der Waals surface area contributed by atoms with Gasteiger partial charge in [0.2, 0.25) is 0 Å². The number of fused-ring (bicyclic) bond motifs is 5. The highest BCUT2D eigenvalue weighted by Gasteiger charge is 2.66. The Morgan fingerprint density at radius 2 is 2.19 bits per heavy atom. The van der Waals surface area contributed by atoms with E-state index in [1.807, 2.05) is 6.26 Å². The molecular formula is C22H30O4. The van der Waals surface area contributed by atoms with Crippen molar-refractivity contribution in [2.24, 2.45) is 22.7 Å². The highest BCUT2D eigenvalue weighted by Crippen LogP contribution is 2.72. The summed E-state index contributed by atoms with van der Waals surface area (Å²) >= 11 is 0. The van der Waals surface area contributed by atoms with E-state index in [9.17, 15) is 9.90 Å². The molecule has 2 bridgehead atoms. The maximum atomic E-state index is 11.4. The normalized spacial score (nSPS) is 46.2. The quantitative estimate of drug-likeness (QED) is 0.805. The maximum absolute atomic E-state index is 11.4. The summed E-state index contributed by atoms with van der Waals surface area (Å²) in [4.78, 5) is 11.3. The van der Waals surface area contributed by atoms with Crippen molar-refractivity contribution in [3.05, 3.63) is 23.7 Å². The molecule has 3 saturated carbocycles. The molecule has 4 aliphatic carbocycles. The largest absolute Gasteiger partial charge is 0.469 e. The lowest BCUT2D eigenvalue weighted by Gasteiger charge is -2.59. The van der Waals surface area contributed by atoms with Gasteiger partial charge in [-0.2, -0.15) is 0 Å². The topological polar surface area (TPSA) is 59.7 Å². The molecule has 0 unspecified atom stereocenters. The second-order valence-corrected chi connectivity index (χ2v) is 9.85. The van der Waals surface area contributed by atoms with Crippen LogP contribution in [0.2, 0.25) is 0 Å². The summed E-state index contributed by atoms with van der Waals surface area (Å²) in [5.41, 5.74) is 1.15. The molecule has 0 aliphatic heterocycles. The summed E-state index contributed by atoms with van der Waals surface area (Å²) in [5, 5.41) is 11.4. The van der Waals surface area contributed by atoms with E-state index in [-0.39, 0.29) is 23.9 Å². The van der Waals surface area contributed by atoms with Gasteiger partial charge < -0.3 is 14.3 Å². The fourth-order valence-electron chi connectivity index (χ4n) is 7.72. The second kappa shape index (κ2) is 5.37. The molecule has 3 fully saturated rings. The number of hydrogen-bond acceptors (Lipinski definition) is 4. The Morgan fingerprint density at radius 3 is 3.00 bits per heavy atom. The fraction of sp³-hybridized carbons (Fsp3) is 0.773. The van der Waals surface area contributed by atoms with Gasteiger partial charge in [0, 0.05) is 13.3 Å². The van der Waals surface area contributed by atoms with Crippen molar-refractivity contribution >= 4 is 5.97 Å². The van der Waals surface area contributed by atoms with Crippen LogP contribution in [0, 0.1) is 22.7 Å². The zero-order chi connectivity index (χ0) is 18.2. The van der Waals surface area contributed by atoms with Crippen LogP contribution in [0.5, 0.6) is 0 Å². The van der Waals surface area contributed by atoms with Gasteiger partial charge in [-0.3, -0.25) is 4.79 Å². The molecule has 4 heteroatoms. The van der Waals surface area contributed by atoms with Crippen molar-refractivity contribution in [2.75, 3.05) is 6.61 Å². The summed E-state index contributed by atoms with van der Waals surface area (Å²) in [6, 6.07) is 2.20. The monoisotopic (exact) mass is 358 g/mol. The zero-order valence-electron chi connectivity index (χ0n) is 15.9. The van der Waals surface area contributed by atoms with Crippen LogP contribution >= 0.6 is 0 Å². The first kappa shape index (κ1) is 16.9. The molecule has 0 amide bonds. The number of hydrogen-bond donors (Lipinski definition) is 1. The molecule has 6 atom stereocenters. The van der Waals surface area contributed by atoms with Crippen LogP contribution in [0.15, 0.2) is 16.7 Å².